The third-order valence-electron chi connectivity index (χ3n) is 1.58. The summed E-state index contributed by atoms with van der Waals surface area (Å²) in [6.45, 7) is 0. The van der Waals surface area contributed by atoms with Crippen LogP contribution in [0.1, 0.15) is 0 Å². The van der Waals surface area contributed by atoms with Crippen LogP contribution in [0.2, 0.25) is 0 Å². The molecule has 4 nitrogen and oxygen atoms in total. The maximum Gasteiger partial charge on any atom is 0.185 e. The molecule has 0 radical (unpaired) electrons. The van der Waals surface area contributed by atoms with Crippen molar-refractivity contribution < 1.29 is 4.74 Å². The van der Waals surface area contributed by atoms with E-state index in [-0.39, 0.29) is 5.11 Å². The summed E-state index contributed by atoms with van der Waals surface area (Å²) in [5.41, 5.74) is 6.02. The second-order valence-electron chi connectivity index (χ2n) is 2.38. The van der Waals surface area contributed by atoms with Crippen LogP contribution in [0.4, 0.5) is 5.69 Å². The molecule has 0 aliphatic carbocycles. The first-order valence-corrected chi connectivity index (χ1v) is 4.05. The first-order valence-electron chi connectivity index (χ1n) is 3.64. The predicted molar refractivity (Wildman–Crippen MR) is 56.4 cm³/mol. The summed E-state index contributed by atoms with van der Waals surface area (Å²) in [7, 11) is 1.56. The van der Waals surface area contributed by atoms with Crippen molar-refractivity contribution >= 4 is 23.0 Å². The number of rotatable bonds is 2. The fourth-order valence-electron chi connectivity index (χ4n) is 0.948. The molecule has 0 saturated heterocycles. The molecule has 0 spiro atoms. The molecular weight excluding hydrogens is 186 g/mol. The van der Waals surface area contributed by atoms with Crippen LogP contribution in [0.15, 0.2) is 24.3 Å². The van der Waals surface area contributed by atoms with Crippen molar-refractivity contribution in [1.82, 2.24) is 0 Å². The van der Waals surface area contributed by atoms with Crippen LogP contribution in [0.25, 0.3) is 0 Å². The van der Waals surface area contributed by atoms with E-state index in [1.165, 1.54) is 5.01 Å². The second-order valence-corrected chi connectivity index (χ2v) is 2.80. The number of nitrogens with zero attached hydrogens (tertiary/aromatic N) is 1. The molecule has 0 unspecified atom stereocenters. The maximum atomic E-state index is 5.60. The summed E-state index contributed by atoms with van der Waals surface area (Å²) in [5, 5.41) is 1.30. The van der Waals surface area contributed by atoms with Gasteiger partial charge in [0.15, 0.2) is 5.11 Å². The van der Waals surface area contributed by atoms with Crippen molar-refractivity contribution in [2.24, 2.45) is 11.6 Å². The zero-order valence-electron chi connectivity index (χ0n) is 7.23. The molecule has 1 aromatic rings. The van der Waals surface area contributed by atoms with E-state index >= 15 is 0 Å². The van der Waals surface area contributed by atoms with Crippen LogP contribution in [0.5, 0.6) is 5.75 Å². The van der Waals surface area contributed by atoms with Gasteiger partial charge in [0.2, 0.25) is 0 Å². The summed E-state index contributed by atoms with van der Waals surface area (Å²) in [6.07, 6.45) is 0. The molecule has 1 aromatic carbocycles. The van der Waals surface area contributed by atoms with Crippen molar-refractivity contribution in [3.05, 3.63) is 24.3 Å². The lowest BCUT2D eigenvalue weighted by Gasteiger charge is -2.18. The van der Waals surface area contributed by atoms with Crippen molar-refractivity contribution in [2.45, 2.75) is 0 Å². The third kappa shape index (κ3) is 2.07. The Bertz CT molecular complexity index is 316. The van der Waals surface area contributed by atoms with Gasteiger partial charge in [0.1, 0.15) is 11.4 Å². The Labute approximate surface area is 82.0 Å². The lowest BCUT2D eigenvalue weighted by atomic mass is 10.3. The molecule has 70 valence electrons. The molecule has 0 aromatic heterocycles. The number of methoxy groups -OCH3 is 1. The predicted octanol–water partition coefficient (Wildman–Crippen LogP) is 0.619. The van der Waals surface area contributed by atoms with Gasteiger partial charge in [-0.15, -0.1) is 0 Å². The quantitative estimate of drug-likeness (QED) is 0.413. The lowest BCUT2D eigenvalue weighted by molar-refractivity contribution is 0.415. The molecule has 5 heteroatoms. The second kappa shape index (κ2) is 4.06. The van der Waals surface area contributed by atoms with Gasteiger partial charge in [-0.1, -0.05) is 12.1 Å². The van der Waals surface area contributed by atoms with E-state index in [4.69, 9.17) is 28.5 Å². The minimum atomic E-state index is 0.101. The van der Waals surface area contributed by atoms with Crippen molar-refractivity contribution in [2.75, 3.05) is 12.1 Å². The molecule has 0 atom stereocenters. The summed E-state index contributed by atoms with van der Waals surface area (Å²) >= 11 is 4.73. The van der Waals surface area contributed by atoms with E-state index in [0.717, 1.165) is 0 Å². The fraction of sp³-hybridized carbons (Fsp3) is 0.125. The maximum absolute atomic E-state index is 5.60. The molecule has 4 N–H and O–H groups in total. The molecule has 0 aliphatic rings. The number of para-hydroxylation sites is 2. The van der Waals surface area contributed by atoms with Crippen LogP contribution >= 0.6 is 12.2 Å². The molecule has 0 bridgehead atoms. The topological polar surface area (TPSA) is 64.5 Å². The summed E-state index contributed by atoms with van der Waals surface area (Å²) < 4.78 is 5.08. The minimum Gasteiger partial charge on any atom is -0.495 e. The average Bonchev–Trinajstić information content (AvgIpc) is 2.16. The van der Waals surface area contributed by atoms with Gasteiger partial charge in [0.25, 0.3) is 0 Å². The van der Waals surface area contributed by atoms with E-state index in [1.54, 1.807) is 19.2 Å². The largest absolute Gasteiger partial charge is 0.495 e. The van der Waals surface area contributed by atoms with Gasteiger partial charge >= 0.3 is 0 Å². The molecule has 0 amide bonds. The Balaban J connectivity index is 3.05. The highest BCUT2D eigenvalue weighted by molar-refractivity contribution is 7.80. The highest BCUT2D eigenvalue weighted by Crippen LogP contribution is 2.25. The zero-order valence-corrected chi connectivity index (χ0v) is 8.04. The SMILES string of the molecule is COc1ccccc1N(N)C(N)=S. The van der Waals surface area contributed by atoms with Gasteiger partial charge in [0.05, 0.1) is 7.11 Å². The molecule has 0 heterocycles. The summed E-state index contributed by atoms with van der Waals surface area (Å²) in [6, 6.07) is 7.23. The lowest BCUT2D eigenvalue weighted by Crippen LogP contribution is -2.41. The van der Waals surface area contributed by atoms with E-state index in [0.29, 0.717) is 11.4 Å². The molecule has 1 rings (SSSR count). The van der Waals surface area contributed by atoms with E-state index < -0.39 is 0 Å². The first kappa shape index (κ1) is 9.76. The van der Waals surface area contributed by atoms with Crippen molar-refractivity contribution in [3.63, 3.8) is 0 Å². The highest BCUT2D eigenvalue weighted by Gasteiger charge is 2.08. The van der Waals surface area contributed by atoms with Crippen LogP contribution in [-0.2, 0) is 0 Å². The molecule has 0 fully saturated rings. The van der Waals surface area contributed by atoms with Gasteiger partial charge in [-0.3, -0.25) is 5.01 Å². The average molecular weight is 197 g/mol. The van der Waals surface area contributed by atoms with Gasteiger partial charge in [0, 0.05) is 0 Å². The van der Waals surface area contributed by atoms with Gasteiger partial charge in [-0.2, -0.15) is 0 Å². The van der Waals surface area contributed by atoms with Crippen LogP contribution in [0, 0.1) is 0 Å². The van der Waals surface area contributed by atoms with Crippen LogP contribution in [0.3, 0.4) is 0 Å². The number of anilines is 1. The number of ether oxygens (including phenoxy) is 1. The number of hydrazine groups is 1. The molecular formula is C8H11N3OS. The molecule has 0 aliphatic heterocycles. The number of nitrogens with two attached hydrogens (primary N) is 2. The van der Waals surface area contributed by atoms with Gasteiger partial charge in [-0.25, -0.2) is 5.84 Å². The van der Waals surface area contributed by atoms with E-state index in [2.05, 4.69) is 0 Å². The standard InChI is InChI=1S/C8H11N3OS/c1-12-7-5-3-2-4-6(7)11(10)8(9)13/h2-5H,10H2,1H3,(H2,9,13). The Morgan fingerprint density at radius 2 is 2.08 bits per heavy atom. The van der Waals surface area contributed by atoms with E-state index in [1.807, 2.05) is 12.1 Å². The van der Waals surface area contributed by atoms with Crippen LogP contribution < -0.4 is 21.3 Å². The smallest absolute Gasteiger partial charge is 0.185 e. The number of hydrogen-bond donors (Lipinski definition) is 2. The van der Waals surface area contributed by atoms with Gasteiger partial charge in [-0.05, 0) is 24.4 Å². The highest BCUT2D eigenvalue weighted by atomic mass is 32.1. The van der Waals surface area contributed by atoms with Crippen molar-refractivity contribution in [3.8, 4) is 5.75 Å². The van der Waals surface area contributed by atoms with Gasteiger partial charge < -0.3 is 10.5 Å². The Hall–Kier alpha value is -1.33. The Kier molecular flexibility index (Phi) is 3.05. The number of hydrogen-bond acceptors (Lipinski definition) is 3. The normalized spacial score (nSPS) is 9.38. The summed E-state index contributed by atoms with van der Waals surface area (Å²) in [4.78, 5) is 0. The van der Waals surface area contributed by atoms with Crippen molar-refractivity contribution in [1.29, 1.82) is 0 Å². The first-order chi connectivity index (χ1) is 6.16. The van der Waals surface area contributed by atoms with E-state index in [9.17, 15) is 0 Å². The third-order valence-corrected chi connectivity index (χ3v) is 1.78. The number of thiocarbonyl (C=S) groups is 1. The summed E-state index contributed by atoms with van der Waals surface area (Å²) in [5.74, 6) is 6.24. The molecule has 13 heavy (non-hydrogen) atoms. The number of benzene rings is 1. The Morgan fingerprint density at radius 1 is 1.46 bits per heavy atom. The Morgan fingerprint density at radius 3 is 2.62 bits per heavy atom. The minimum absolute atomic E-state index is 0.101. The zero-order chi connectivity index (χ0) is 9.84. The van der Waals surface area contributed by atoms with Crippen LogP contribution in [-0.4, -0.2) is 12.2 Å². The fourth-order valence-corrected chi connectivity index (χ4v) is 1.05. The monoisotopic (exact) mass is 197 g/mol. The molecule has 0 saturated carbocycles.